The Bertz CT molecular complexity index is 692. The van der Waals surface area contributed by atoms with Gasteiger partial charge in [0.05, 0.1) is 7.11 Å². The largest absolute Gasteiger partial charge is 0.497 e. The van der Waals surface area contributed by atoms with Crippen molar-refractivity contribution in [3.8, 4) is 5.75 Å². The number of allylic oxidation sites excluding steroid dienone is 1. The van der Waals surface area contributed by atoms with Gasteiger partial charge in [0.2, 0.25) is 5.78 Å². The zero-order valence-electron chi connectivity index (χ0n) is 12.2. The molecule has 0 aliphatic heterocycles. The van der Waals surface area contributed by atoms with E-state index in [9.17, 15) is 4.79 Å². The van der Waals surface area contributed by atoms with Crippen LogP contribution in [0, 0.1) is 0 Å². The summed E-state index contributed by atoms with van der Waals surface area (Å²) in [5, 5.41) is 3.16. The third-order valence-corrected chi connectivity index (χ3v) is 3.57. The molecule has 1 N–H and O–H groups in total. The van der Waals surface area contributed by atoms with Crippen molar-refractivity contribution in [3.05, 3.63) is 66.2 Å². The van der Waals surface area contributed by atoms with E-state index in [0.29, 0.717) is 5.70 Å². The van der Waals surface area contributed by atoms with Gasteiger partial charge in [0.15, 0.2) is 0 Å². The number of carbonyl (C=O) groups is 1. The molecule has 2 rings (SSSR count). The normalized spacial score (nSPS) is 11.9. The van der Waals surface area contributed by atoms with Crippen LogP contribution in [0.3, 0.4) is 0 Å². The maximum atomic E-state index is 12.0. The van der Waals surface area contributed by atoms with Crippen LogP contribution >= 0.6 is 34.8 Å². The van der Waals surface area contributed by atoms with Gasteiger partial charge in [-0.1, -0.05) is 65.1 Å². The number of carbonyl (C=O) groups excluding carboxylic acids is 1. The lowest BCUT2D eigenvalue weighted by Gasteiger charge is -2.13. The molecule has 0 spiro atoms. The minimum absolute atomic E-state index is 0.534. The molecule has 0 saturated heterocycles. The number of halogens is 3. The van der Waals surface area contributed by atoms with E-state index in [1.54, 1.807) is 7.11 Å². The van der Waals surface area contributed by atoms with Gasteiger partial charge in [-0.15, -0.1) is 0 Å². The first-order valence-corrected chi connectivity index (χ1v) is 7.83. The predicted octanol–water partition coefficient (Wildman–Crippen LogP) is 5.09. The van der Waals surface area contributed by atoms with Crippen LogP contribution < -0.4 is 10.1 Å². The van der Waals surface area contributed by atoms with Gasteiger partial charge in [-0.05, 0) is 29.8 Å². The van der Waals surface area contributed by atoms with Crippen LogP contribution in [0.1, 0.15) is 5.56 Å². The first-order chi connectivity index (χ1) is 10.9. The summed E-state index contributed by atoms with van der Waals surface area (Å²) in [6.07, 6.45) is 1.28. The molecule has 0 unspecified atom stereocenters. The van der Waals surface area contributed by atoms with Gasteiger partial charge in [-0.3, -0.25) is 4.79 Å². The molecule has 0 aromatic heterocycles. The molecule has 0 aliphatic carbocycles. The zero-order valence-corrected chi connectivity index (χ0v) is 14.5. The Balaban J connectivity index is 2.33. The van der Waals surface area contributed by atoms with Gasteiger partial charge in [0.25, 0.3) is 3.79 Å². The van der Waals surface area contributed by atoms with Crippen LogP contribution in [0.5, 0.6) is 5.75 Å². The Morgan fingerprint density at radius 2 is 1.65 bits per heavy atom. The minimum atomic E-state index is -2.00. The molecule has 23 heavy (non-hydrogen) atoms. The molecule has 2 aromatic carbocycles. The van der Waals surface area contributed by atoms with E-state index in [0.717, 1.165) is 17.0 Å². The number of methoxy groups -OCH3 is 1. The highest BCUT2D eigenvalue weighted by molar-refractivity contribution is 6.77. The molecule has 0 bridgehead atoms. The van der Waals surface area contributed by atoms with Gasteiger partial charge in [-0.25, -0.2) is 0 Å². The first kappa shape index (κ1) is 17.7. The molecule has 0 aliphatic rings. The SMILES string of the molecule is COc1ccc(NC(=CC(=O)C(Cl)(Cl)Cl)c2ccccc2)cc1. The molecular weight excluding hydrogens is 357 g/mol. The van der Waals surface area contributed by atoms with E-state index in [-0.39, 0.29) is 0 Å². The summed E-state index contributed by atoms with van der Waals surface area (Å²) in [6, 6.07) is 16.6. The van der Waals surface area contributed by atoms with Crippen LogP contribution in [0.4, 0.5) is 5.69 Å². The van der Waals surface area contributed by atoms with Crippen molar-refractivity contribution < 1.29 is 9.53 Å². The molecule has 2 aromatic rings. The van der Waals surface area contributed by atoms with E-state index in [4.69, 9.17) is 39.5 Å². The van der Waals surface area contributed by atoms with Gasteiger partial charge in [0.1, 0.15) is 5.75 Å². The highest BCUT2D eigenvalue weighted by Gasteiger charge is 2.29. The Hall–Kier alpha value is -1.68. The van der Waals surface area contributed by atoms with E-state index >= 15 is 0 Å². The van der Waals surface area contributed by atoms with Crippen LogP contribution in [-0.2, 0) is 4.79 Å². The van der Waals surface area contributed by atoms with Crippen molar-refractivity contribution in [1.82, 2.24) is 0 Å². The van der Waals surface area contributed by atoms with Crippen LogP contribution in [0.15, 0.2) is 60.7 Å². The average Bonchev–Trinajstić information content (AvgIpc) is 2.55. The fourth-order valence-electron chi connectivity index (χ4n) is 1.85. The number of alkyl halides is 3. The summed E-state index contributed by atoms with van der Waals surface area (Å²) >= 11 is 17.0. The topological polar surface area (TPSA) is 38.3 Å². The summed E-state index contributed by atoms with van der Waals surface area (Å²) < 4.78 is 3.12. The highest BCUT2D eigenvalue weighted by atomic mass is 35.6. The van der Waals surface area contributed by atoms with Crippen molar-refractivity contribution in [2.45, 2.75) is 3.79 Å². The molecule has 0 heterocycles. The number of hydrogen-bond donors (Lipinski definition) is 1. The number of nitrogens with one attached hydrogen (secondary N) is 1. The lowest BCUT2D eigenvalue weighted by molar-refractivity contribution is -0.113. The summed E-state index contributed by atoms with van der Waals surface area (Å²) in [6.45, 7) is 0. The average molecular weight is 371 g/mol. The molecule has 0 radical (unpaired) electrons. The molecule has 3 nitrogen and oxygen atoms in total. The molecule has 6 heteroatoms. The fourth-order valence-corrected chi connectivity index (χ4v) is 2.02. The van der Waals surface area contributed by atoms with Crippen molar-refractivity contribution in [3.63, 3.8) is 0 Å². The zero-order chi connectivity index (χ0) is 16.9. The summed E-state index contributed by atoms with van der Waals surface area (Å²) in [5.41, 5.74) is 2.11. The number of hydrogen-bond acceptors (Lipinski definition) is 3. The highest BCUT2D eigenvalue weighted by Crippen LogP contribution is 2.29. The Morgan fingerprint density at radius 1 is 1.04 bits per heavy atom. The lowest BCUT2D eigenvalue weighted by Crippen LogP contribution is -2.17. The van der Waals surface area contributed by atoms with Crippen LogP contribution in [-0.4, -0.2) is 16.7 Å². The second kappa shape index (κ2) is 7.73. The first-order valence-electron chi connectivity index (χ1n) is 6.69. The maximum Gasteiger partial charge on any atom is 0.252 e. The molecule has 0 atom stereocenters. The number of ketones is 1. The van der Waals surface area contributed by atoms with Crippen molar-refractivity contribution in [2.24, 2.45) is 0 Å². The molecule has 0 saturated carbocycles. The van der Waals surface area contributed by atoms with Crippen molar-refractivity contribution >= 4 is 52.0 Å². The third kappa shape index (κ3) is 5.17. The smallest absolute Gasteiger partial charge is 0.252 e. The van der Waals surface area contributed by atoms with Gasteiger partial charge >= 0.3 is 0 Å². The minimum Gasteiger partial charge on any atom is -0.497 e. The monoisotopic (exact) mass is 369 g/mol. The van der Waals surface area contributed by atoms with E-state index in [1.807, 2.05) is 54.6 Å². The Labute approximate surface area is 149 Å². The summed E-state index contributed by atoms with van der Waals surface area (Å²) in [4.78, 5) is 12.0. The van der Waals surface area contributed by atoms with E-state index in [2.05, 4.69) is 5.32 Å². The molecule has 120 valence electrons. The third-order valence-electron chi connectivity index (χ3n) is 3.01. The second-order valence-corrected chi connectivity index (χ2v) is 6.92. The molecular formula is C17H14Cl3NO2. The lowest BCUT2D eigenvalue weighted by atomic mass is 10.1. The maximum absolute atomic E-state index is 12.0. The van der Waals surface area contributed by atoms with E-state index in [1.165, 1.54) is 6.08 Å². The van der Waals surface area contributed by atoms with Crippen molar-refractivity contribution in [1.29, 1.82) is 0 Å². The van der Waals surface area contributed by atoms with E-state index < -0.39 is 9.58 Å². The van der Waals surface area contributed by atoms with Gasteiger partial charge in [-0.2, -0.15) is 0 Å². The fraction of sp³-hybridized carbons (Fsp3) is 0.118. The van der Waals surface area contributed by atoms with Gasteiger partial charge in [0, 0.05) is 17.5 Å². The summed E-state index contributed by atoms with van der Waals surface area (Å²) in [7, 11) is 1.59. The number of benzene rings is 2. The van der Waals surface area contributed by atoms with Crippen molar-refractivity contribution in [2.75, 3.05) is 12.4 Å². The van der Waals surface area contributed by atoms with Gasteiger partial charge < -0.3 is 10.1 Å². The standard InChI is InChI=1S/C17H14Cl3NO2/c1-23-14-9-7-13(8-10-14)21-15(11-16(22)17(18,19)20)12-5-3-2-4-6-12/h2-11,21H,1H3. The number of anilines is 1. The quantitative estimate of drug-likeness (QED) is 0.588. The number of rotatable bonds is 5. The second-order valence-electron chi connectivity index (χ2n) is 4.64. The summed E-state index contributed by atoms with van der Waals surface area (Å²) in [5.74, 6) is 0.112. The Morgan fingerprint density at radius 3 is 2.17 bits per heavy atom. The number of ether oxygens (including phenoxy) is 1. The molecule has 0 fully saturated rings. The Kier molecular flexibility index (Phi) is 5.94. The molecule has 0 amide bonds. The van der Waals surface area contributed by atoms with Crippen LogP contribution in [0.2, 0.25) is 0 Å². The predicted molar refractivity (Wildman–Crippen MR) is 96.3 cm³/mol. The van der Waals surface area contributed by atoms with Crippen LogP contribution in [0.25, 0.3) is 5.70 Å².